The number of ether oxygens (including phenoxy) is 4. The van der Waals surface area contributed by atoms with Crippen LogP contribution in [-0.4, -0.2) is 49.6 Å². The molecule has 1 aliphatic heterocycles. The average molecular weight is 514 g/mol. The van der Waals surface area contributed by atoms with E-state index in [0.29, 0.717) is 25.9 Å². The molecule has 8 nitrogen and oxygen atoms in total. The van der Waals surface area contributed by atoms with Crippen LogP contribution in [0.4, 0.5) is 33.5 Å². The van der Waals surface area contributed by atoms with Gasteiger partial charge in [0.25, 0.3) is 0 Å². The number of aromatic nitrogens is 2. The van der Waals surface area contributed by atoms with Gasteiger partial charge < -0.3 is 30.0 Å². The van der Waals surface area contributed by atoms with Crippen LogP contribution in [0.2, 0.25) is 0 Å². The third-order valence-electron chi connectivity index (χ3n) is 5.51. The summed E-state index contributed by atoms with van der Waals surface area (Å²) in [6.45, 7) is 2.80. The van der Waals surface area contributed by atoms with Crippen molar-refractivity contribution in [2.24, 2.45) is 0 Å². The highest BCUT2D eigenvalue weighted by atomic mass is 19.4. The van der Waals surface area contributed by atoms with Crippen molar-refractivity contribution in [3.8, 4) is 11.5 Å². The Labute approximate surface area is 202 Å². The molecule has 36 heavy (non-hydrogen) atoms. The van der Waals surface area contributed by atoms with Gasteiger partial charge in [0, 0.05) is 22.7 Å². The zero-order valence-electron chi connectivity index (χ0n) is 19.3. The summed E-state index contributed by atoms with van der Waals surface area (Å²) in [5, 5.41) is 3.03. The molecule has 13 heteroatoms. The predicted molar refractivity (Wildman–Crippen MR) is 120 cm³/mol. The molecule has 0 radical (unpaired) electrons. The lowest BCUT2D eigenvalue weighted by Crippen LogP contribution is -2.33. The van der Waals surface area contributed by atoms with Crippen LogP contribution in [0.5, 0.6) is 11.5 Å². The Kier molecular flexibility index (Phi) is 7.31. The fourth-order valence-electron chi connectivity index (χ4n) is 3.78. The first kappa shape index (κ1) is 25.6. The maximum Gasteiger partial charge on any atom is 0.419 e. The van der Waals surface area contributed by atoms with E-state index < -0.39 is 29.7 Å². The first-order chi connectivity index (χ1) is 17.1. The number of halogens is 5. The summed E-state index contributed by atoms with van der Waals surface area (Å²) in [5.41, 5.74) is 3.57. The number of nitrogen functional groups attached to an aromatic ring is 1. The summed E-state index contributed by atoms with van der Waals surface area (Å²) in [6.07, 6.45) is -6.36. The van der Waals surface area contributed by atoms with E-state index in [1.54, 1.807) is 0 Å². The standard InChI is InChI=1S/C23H23F5N4O4/c1-11(14-5-12(29)6-16(20(14)24)23(26,27)28)30-21-15-7-19(36-10-13-9-34-3-4-35-13)18(33-2)8-17(15)31-22(25)32-21/h5-8,11,13H,3-4,9-10,29H2,1-2H3,(H,30,31,32)/t11-,13+/m1/s1. The minimum Gasteiger partial charge on any atom is -0.493 e. The number of fused-ring (bicyclic) bond motifs is 1. The first-order valence-electron chi connectivity index (χ1n) is 10.9. The molecule has 0 spiro atoms. The lowest BCUT2D eigenvalue weighted by molar-refractivity contribution is -0.140. The highest BCUT2D eigenvalue weighted by Gasteiger charge is 2.36. The number of nitrogens with one attached hydrogen (secondary N) is 1. The summed E-state index contributed by atoms with van der Waals surface area (Å²) < 4.78 is 90.8. The number of anilines is 2. The third kappa shape index (κ3) is 5.51. The van der Waals surface area contributed by atoms with Gasteiger partial charge in [-0.25, -0.2) is 9.37 Å². The Morgan fingerprint density at radius 1 is 1.14 bits per heavy atom. The second-order valence-electron chi connectivity index (χ2n) is 8.08. The van der Waals surface area contributed by atoms with Crippen LogP contribution < -0.4 is 20.5 Å². The molecule has 0 aliphatic carbocycles. The number of benzene rings is 2. The molecular weight excluding hydrogens is 491 g/mol. The Hall–Kier alpha value is -3.45. The molecule has 1 aliphatic rings. The number of hydrogen-bond donors (Lipinski definition) is 2. The number of methoxy groups -OCH3 is 1. The van der Waals surface area contributed by atoms with Crippen molar-refractivity contribution >= 4 is 22.4 Å². The van der Waals surface area contributed by atoms with Crippen LogP contribution in [0.15, 0.2) is 24.3 Å². The van der Waals surface area contributed by atoms with E-state index in [-0.39, 0.29) is 52.2 Å². The molecule has 194 valence electrons. The molecule has 1 fully saturated rings. The average Bonchev–Trinajstić information content (AvgIpc) is 2.83. The van der Waals surface area contributed by atoms with Crippen LogP contribution >= 0.6 is 0 Å². The van der Waals surface area contributed by atoms with Crippen molar-refractivity contribution in [2.45, 2.75) is 25.2 Å². The van der Waals surface area contributed by atoms with Crippen molar-refractivity contribution in [3.05, 3.63) is 47.3 Å². The number of hydrogen-bond acceptors (Lipinski definition) is 8. The normalized spacial score (nSPS) is 17.1. The molecule has 1 saturated heterocycles. The molecular formula is C23H23F5N4O4. The molecule has 2 atom stereocenters. The number of nitrogens with two attached hydrogens (primary N) is 1. The van der Waals surface area contributed by atoms with Gasteiger partial charge in [-0.1, -0.05) is 0 Å². The number of alkyl halides is 3. The Bertz CT molecular complexity index is 1250. The van der Waals surface area contributed by atoms with Gasteiger partial charge in [-0.15, -0.1) is 0 Å². The van der Waals surface area contributed by atoms with Gasteiger partial charge in [0.15, 0.2) is 11.5 Å². The zero-order valence-corrected chi connectivity index (χ0v) is 19.3. The van der Waals surface area contributed by atoms with Crippen LogP contribution in [0.1, 0.15) is 24.1 Å². The lowest BCUT2D eigenvalue weighted by Gasteiger charge is -2.23. The van der Waals surface area contributed by atoms with Gasteiger partial charge in [0.1, 0.15) is 24.3 Å². The topological polar surface area (TPSA) is 101 Å². The summed E-state index contributed by atoms with van der Waals surface area (Å²) in [4.78, 5) is 7.48. The molecule has 2 aromatic carbocycles. The lowest BCUT2D eigenvalue weighted by atomic mass is 10.0. The van der Waals surface area contributed by atoms with E-state index in [2.05, 4.69) is 15.3 Å². The Balaban J connectivity index is 1.69. The monoisotopic (exact) mass is 514 g/mol. The summed E-state index contributed by atoms with van der Waals surface area (Å²) in [6, 6.07) is 3.43. The maximum atomic E-state index is 14.8. The smallest absolute Gasteiger partial charge is 0.419 e. The van der Waals surface area contributed by atoms with E-state index in [1.807, 2.05) is 0 Å². The maximum absolute atomic E-state index is 14.8. The molecule has 3 N–H and O–H groups in total. The van der Waals surface area contributed by atoms with Crippen LogP contribution in [-0.2, 0) is 15.7 Å². The van der Waals surface area contributed by atoms with Gasteiger partial charge >= 0.3 is 12.3 Å². The number of rotatable bonds is 7. The second kappa shape index (κ2) is 10.3. The van der Waals surface area contributed by atoms with E-state index >= 15 is 0 Å². The Morgan fingerprint density at radius 3 is 2.58 bits per heavy atom. The van der Waals surface area contributed by atoms with E-state index in [1.165, 1.54) is 26.2 Å². The quantitative estimate of drug-likeness (QED) is 0.270. The minimum absolute atomic E-state index is 0.0925. The first-order valence-corrected chi connectivity index (χ1v) is 10.9. The van der Waals surface area contributed by atoms with Crippen molar-refractivity contribution in [1.29, 1.82) is 0 Å². The van der Waals surface area contributed by atoms with Crippen molar-refractivity contribution in [3.63, 3.8) is 0 Å². The van der Waals surface area contributed by atoms with Crippen LogP contribution in [0.3, 0.4) is 0 Å². The molecule has 0 amide bonds. The molecule has 1 aromatic heterocycles. The largest absolute Gasteiger partial charge is 0.493 e. The molecule has 2 heterocycles. The highest BCUT2D eigenvalue weighted by Crippen LogP contribution is 2.38. The van der Waals surface area contributed by atoms with Gasteiger partial charge in [-0.05, 0) is 25.1 Å². The molecule has 0 bridgehead atoms. The minimum atomic E-state index is -4.95. The fraction of sp³-hybridized carbons (Fsp3) is 0.391. The van der Waals surface area contributed by atoms with Gasteiger partial charge in [0.05, 0.1) is 44.1 Å². The summed E-state index contributed by atoms with van der Waals surface area (Å²) in [5.74, 6) is -1.06. The highest BCUT2D eigenvalue weighted by molar-refractivity contribution is 5.91. The summed E-state index contributed by atoms with van der Waals surface area (Å²) >= 11 is 0. The fourth-order valence-corrected chi connectivity index (χ4v) is 3.78. The van der Waals surface area contributed by atoms with E-state index in [4.69, 9.17) is 24.7 Å². The second-order valence-corrected chi connectivity index (χ2v) is 8.08. The SMILES string of the molecule is COc1cc2nc(F)nc(N[C@H](C)c3cc(N)cc(C(F)(F)F)c3F)c2cc1OC[C@@H]1COCCO1. The van der Waals surface area contributed by atoms with Crippen molar-refractivity contribution in [1.82, 2.24) is 9.97 Å². The Morgan fingerprint density at radius 2 is 1.92 bits per heavy atom. The van der Waals surface area contributed by atoms with Crippen molar-refractivity contribution in [2.75, 3.05) is 44.6 Å². The van der Waals surface area contributed by atoms with Gasteiger partial charge in [0.2, 0.25) is 0 Å². The predicted octanol–water partition coefficient (Wildman–Crippen LogP) is 4.48. The zero-order chi connectivity index (χ0) is 26.0. The van der Waals surface area contributed by atoms with Crippen LogP contribution in [0.25, 0.3) is 10.9 Å². The van der Waals surface area contributed by atoms with Gasteiger partial charge in [-0.2, -0.15) is 22.5 Å². The molecule has 3 aromatic rings. The van der Waals surface area contributed by atoms with E-state index in [9.17, 15) is 22.0 Å². The number of nitrogens with zero attached hydrogens (tertiary/aromatic N) is 2. The van der Waals surface area contributed by atoms with E-state index in [0.717, 1.165) is 6.07 Å². The van der Waals surface area contributed by atoms with Crippen LogP contribution in [0, 0.1) is 11.9 Å². The van der Waals surface area contributed by atoms with Gasteiger partial charge in [-0.3, -0.25) is 0 Å². The van der Waals surface area contributed by atoms with Crippen molar-refractivity contribution < 1.29 is 40.9 Å². The third-order valence-corrected chi connectivity index (χ3v) is 5.51. The summed E-state index contributed by atoms with van der Waals surface area (Å²) in [7, 11) is 1.40. The molecule has 4 rings (SSSR count). The molecule has 0 saturated carbocycles. The molecule has 0 unspecified atom stereocenters.